The van der Waals surface area contributed by atoms with E-state index in [0.717, 1.165) is 50.8 Å². The number of amides is 1. The monoisotopic (exact) mass is 563 g/mol. The fraction of sp³-hybridized carbons (Fsp3) is 0.619. The third-order valence-corrected chi connectivity index (χ3v) is 7.38. The van der Waals surface area contributed by atoms with Crippen LogP contribution in [0.1, 0.15) is 44.6 Å². The number of halogens is 1. The lowest BCUT2D eigenvalue weighted by atomic mass is 10.2. The van der Waals surface area contributed by atoms with Crippen LogP contribution in [0.2, 0.25) is 0 Å². The summed E-state index contributed by atoms with van der Waals surface area (Å²) in [7, 11) is -3.46. The molecule has 1 aromatic carbocycles. The molecule has 2 fully saturated rings. The van der Waals surface area contributed by atoms with Crippen molar-refractivity contribution in [3.8, 4) is 0 Å². The molecule has 0 aliphatic carbocycles. The van der Waals surface area contributed by atoms with Gasteiger partial charge in [-0.05, 0) is 50.3 Å². The molecule has 2 N–H and O–H groups in total. The lowest BCUT2D eigenvalue weighted by Gasteiger charge is -2.26. The van der Waals surface area contributed by atoms with Crippen molar-refractivity contribution in [2.75, 3.05) is 39.3 Å². The number of likely N-dealkylation sites (tertiary alicyclic amines) is 1. The topological polar surface area (TPSA) is 94.1 Å². The van der Waals surface area contributed by atoms with Gasteiger partial charge in [-0.15, -0.1) is 24.0 Å². The lowest BCUT2D eigenvalue weighted by molar-refractivity contribution is -0.128. The third kappa shape index (κ3) is 7.31. The zero-order valence-electron chi connectivity index (χ0n) is 18.2. The highest BCUT2D eigenvalue weighted by Gasteiger charge is 2.26. The van der Waals surface area contributed by atoms with Crippen molar-refractivity contribution in [1.82, 2.24) is 19.8 Å². The van der Waals surface area contributed by atoms with Crippen LogP contribution in [0.25, 0.3) is 0 Å². The van der Waals surface area contributed by atoms with E-state index in [1.165, 1.54) is 0 Å². The molecule has 2 aliphatic rings. The van der Waals surface area contributed by atoms with Crippen molar-refractivity contribution in [1.29, 1.82) is 0 Å². The van der Waals surface area contributed by atoms with Crippen LogP contribution in [0, 0.1) is 0 Å². The minimum atomic E-state index is -3.46. The third-order valence-electron chi connectivity index (χ3n) is 5.48. The minimum Gasteiger partial charge on any atom is -0.357 e. The van der Waals surface area contributed by atoms with Crippen LogP contribution < -0.4 is 10.6 Å². The minimum absolute atomic E-state index is 0. The lowest BCUT2D eigenvalue weighted by Crippen LogP contribution is -2.44. The zero-order valence-corrected chi connectivity index (χ0v) is 21.3. The molecule has 0 bridgehead atoms. The number of benzene rings is 1. The second-order valence-corrected chi connectivity index (χ2v) is 9.69. The molecule has 0 atom stereocenters. The number of nitrogens with zero attached hydrogens (tertiary/aromatic N) is 3. The van der Waals surface area contributed by atoms with E-state index in [1.807, 2.05) is 17.9 Å². The van der Waals surface area contributed by atoms with Gasteiger partial charge in [0.05, 0.1) is 18.0 Å². The van der Waals surface area contributed by atoms with E-state index in [4.69, 9.17) is 0 Å². The molecule has 2 aliphatic heterocycles. The van der Waals surface area contributed by atoms with E-state index in [-0.39, 0.29) is 36.4 Å². The standard InChI is InChI=1S/C21H33N5O3S.HI/c1-2-22-21(24-17-20(27)25-11-6-7-12-25)23-16-18-9-8-10-19(15-18)30(28,29)26-13-4-3-5-14-26;/h8-10,15H,2-7,11-14,16-17H2,1H3,(H2,22,23,24);1H. The van der Waals surface area contributed by atoms with E-state index in [2.05, 4.69) is 15.6 Å². The number of sulfonamides is 1. The second-order valence-electron chi connectivity index (χ2n) is 7.75. The van der Waals surface area contributed by atoms with E-state index in [1.54, 1.807) is 22.5 Å². The summed E-state index contributed by atoms with van der Waals surface area (Å²) in [4.78, 5) is 19.0. The van der Waals surface area contributed by atoms with Crippen LogP contribution in [0.4, 0.5) is 0 Å². The second kappa shape index (κ2) is 12.6. The van der Waals surface area contributed by atoms with Crippen molar-refractivity contribution < 1.29 is 13.2 Å². The molecule has 174 valence electrons. The summed E-state index contributed by atoms with van der Waals surface area (Å²) in [6.45, 7) is 6.00. The first-order valence-electron chi connectivity index (χ1n) is 10.9. The summed E-state index contributed by atoms with van der Waals surface area (Å²) in [5.74, 6) is 0.627. The Kier molecular flexibility index (Phi) is 10.5. The molecular formula is C21H34IN5O3S. The molecule has 1 aromatic rings. The number of nitrogens with one attached hydrogen (secondary N) is 2. The van der Waals surface area contributed by atoms with Crippen LogP contribution in [0.5, 0.6) is 0 Å². The van der Waals surface area contributed by atoms with Crippen molar-refractivity contribution >= 4 is 45.9 Å². The highest BCUT2D eigenvalue weighted by atomic mass is 127. The molecule has 2 saturated heterocycles. The average Bonchev–Trinajstić information content (AvgIpc) is 3.31. The summed E-state index contributed by atoms with van der Waals surface area (Å²) >= 11 is 0. The highest BCUT2D eigenvalue weighted by Crippen LogP contribution is 2.21. The van der Waals surface area contributed by atoms with Gasteiger partial charge in [0.2, 0.25) is 15.9 Å². The van der Waals surface area contributed by atoms with Crippen LogP contribution in [0.3, 0.4) is 0 Å². The number of guanidine groups is 1. The van der Waals surface area contributed by atoms with Gasteiger partial charge in [-0.3, -0.25) is 4.79 Å². The van der Waals surface area contributed by atoms with Crippen molar-refractivity contribution in [2.45, 2.75) is 50.5 Å². The first kappa shape index (κ1) is 25.9. The molecule has 8 nitrogen and oxygen atoms in total. The molecule has 0 unspecified atom stereocenters. The molecule has 0 radical (unpaired) electrons. The van der Waals surface area contributed by atoms with Crippen molar-refractivity contribution in [2.24, 2.45) is 4.99 Å². The van der Waals surface area contributed by atoms with Crippen LogP contribution in [-0.2, 0) is 21.4 Å². The smallest absolute Gasteiger partial charge is 0.243 e. The summed E-state index contributed by atoms with van der Waals surface area (Å²) < 4.78 is 27.4. The Hall–Kier alpha value is -1.40. The Morgan fingerprint density at radius 3 is 2.39 bits per heavy atom. The van der Waals surface area contributed by atoms with E-state index >= 15 is 0 Å². The number of rotatable bonds is 7. The number of aliphatic imine (C=N–C) groups is 1. The predicted octanol–water partition coefficient (Wildman–Crippen LogP) is 2.16. The van der Waals surface area contributed by atoms with Crippen LogP contribution in [0.15, 0.2) is 34.2 Å². The van der Waals surface area contributed by atoms with E-state index < -0.39 is 10.0 Å². The van der Waals surface area contributed by atoms with Crippen molar-refractivity contribution in [3.05, 3.63) is 29.8 Å². The van der Waals surface area contributed by atoms with Gasteiger partial charge in [-0.2, -0.15) is 4.31 Å². The summed E-state index contributed by atoms with van der Waals surface area (Å²) in [5, 5.41) is 6.22. The van der Waals surface area contributed by atoms with Crippen LogP contribution in [-0.4, -0.2) is 68.8 Å². The number of piperidine rings is 1. The molecular weight excluding hydrogens is 529 g/mol. The zero-order chi connectivity index (χ0) is 21.4. The predicted molar refractivity (Wildman–Crippen MR) is 133 cm³/mol. The molecule has 3 rings (SSSR count). The maximum Gasteiger partial charge on any atom is 0.243 e. The van der Waals surface area contributed by atoms with E-state index in [9.17, 15) is 13.2 Å². The number of hydrogen-bond acceptors (Lipinski definition) is 4. The Morgan fingerprint density at radius 1 is 1.03 bits per heavy atom. The quantitative estimate of drug-likeness (QED) is 0.302. The van der Waals surface area contributed by atoms with Gasteiger partial charge in [-0.1, -0.05) is 18.6 Å². The number of carbonyl (C=O) groups excluding carboxylic acids is 1. The molecule has 2 heterocycles. The summed E-state index contributed by atoms with van der Waals surface area (Å²) in [5.41, 5.74) is 0.816. The molecule has 0 saturated carbocycles. The number of hydrogen-bond donors (Lipinski definition) is 2. The van der Waals surface area contributed by atoms with Crippen molar-refractivity contribution in [3.63, 3.8) is 0 Å². The Morgan fingerprint density at radius 2 is 1.71 bits per heavy atom. The van der Waals surface area contributed by atoms with Gasteiger partial charge < -0.3 is 15.5 Å². The Balaban J connectivity index is 0.00000341. The Bertz CT molecular complexity index is 850. The summed E-state index contributed by atoms with van der Waals surface area (Å²) in [6.07, 6.45) is 5.04. The largest absolute Gasteiger partial charge is 0.357 e. The van der Waals surface area contributed by atoms with Gasteiger partial charge in [0.25, 0.3) is 0 Å². The normalized spacial score (nSPS) is 17.8. The SMILES string of the molecule is CCNC(=NCc1cccc(S(=O)(=O)N2CCCCC2)c1)NCC(=O)N1CCCC1.I. The van der Waals surface area contributed by atoms with Gasteiger partial charge in [0, 0.05) is 32.7 Å². The van der Waals surface area contributed by atoms with Gasteiger partial charge in [0.1, 0.15) is 0 Å². The van der Waals surface area contributed by atoms with Gasteiger partial charge >= 0.3 is 0 Å². The molecule has 10 heteroatoms. The maximum absolute atomic E-state index is 12.9. The first-order valence-corrected chi connectivity index (χ1v) is 12.3. The maximum atomic E-state index is 12.9. The highest BCUT2D eigenvalue weighted by molar-refractivity contribution is 14.0. The molecule has 31 heavy (non-hydrogen) atoms. The number of carbonyl (C=O) groups is 1. The molecule has 1 amide bonds. The Labute approximate surface area is 202 Å². The molecule has 0 aromatic heterocycles. The fourth-order valence-electron chi connectivity index (χ4n) is 3.81. The molecule has 0 spiro atoms. The first-order chi connectivity index (χ1) is 14.5. The van der Waals surface area contributed by atoms with Crippen LogP contribution >= 0.6 is 24.0 Å². The fourth-order valence-corrected chi connectivity index (χ4v) is 5.40. The summed E-state index contributed by atoms with van der Waals surface area (Å²) in [6, 6.07) is 6.98. The average molecular weight is 564 g/mol. The van der Waals surface area contributed by atoms with Gasteiger partial charge in [-0.25, -0.2) is 13.4 Å². The van der Waals surface area contributed by atoms with Gasteiger partial charge in [0.15, 0.2) is 5.96 Å². The van der Waals surface area contributed by atoms with E-state index in [0.29, 0.717) is 37.0 Å².